The number of rotatable bonds is 7. The van der Waals surface area contributed by atoms with E-state index in [1.165, 1.54) is 0 Å². The van der Waals surface area contributed by atoms with E-state index in [0.717, 1.165) is 12.8 Å². The molecule has 0 aromatic heterocycles. The van der Waals surface area contributed by atoms with Gasteiger partial charge in [-0.05, 0) is 56.4 Å². The molecule has 2 rings (SSSR count). The number of hydrogen-bond acceptors (Lipinski definition) is 3. The minimum atomic E-state index is -0.573. The first-order valence-electron chi connectivity index (χ1n) is 6.93. The predicted octanol–water partition coefficient (Wildman–Crippen LogP) is 2.38. The molecule has 5 heteroatoms. The molecular weight excluding hydrogens is 278 g/mol. The van der Waals surface area contributed by atoms with E-state index in [9.17, 15) is 4.79 Å². The summed E-state index contributed by atoms with van der Waals surface area (Å²) in [7, 11) is 0. The molecule has 2 N–H and O–H groups in total. The van der Waals surface area contributed by atoms with Crippen LogP contribution in [0.1, 0.15) is 26.2 Å². The predicted molar refractivity (Wildman–Crippen MR) is 77.9 cm³/mol. The van der Waals surface area contributed by atoms with Crippen LogP contribution in [0, 0.1) is 5.92 Å². The van der Waals surface area contributed by atoms with Gasteiger partial charge in [0.25, 0.3) is 5.91 Å². The first-order chi connectivity index (χ1) is 9.60. The van der Waals surface area contributed by atoms with Crippen molar-refractivity contribution in [3.63, 3.8) is 0 Å². The molecule has 20 heavy (non-hydrogen) atoms. The fraction of sp³-hybridized carbons (Fsp3) is 0.533. The number of hydrogen-bond donors (Lipinski definition) is 2. The molecule has 1 aromatic carbocycles. The van der Waals surface area contributed by atoms with Crippen molar-refractivity contribution in [2.45, 2.75) is 38.3 Å². The molecule has 2 unspecified atom stereocenters. The van der Waals surface area contributed by atoms with E-state index in [-0.39, 0.29) is 18.6 Å². The molecule has 1 fully saturated rings. The molecule has 110 valence electrons. The Morgan fingerprint density at radius 2 is 2.10 bits per heavy atom. The Labute approximate surface area is 124 Å². The van der Waals surface area contributed by atoms with Crippen molar-refractivity contribution in [3.05, 3.63) is 29.3 Å². The molecule has 0 radical (unpaired) electrons. The van der Waals surface area contributed by atoms with E-state index >= 15 is 0 Å². The quantitative estimate of drug-likeness (QED) is 0.812. The summed E-state index contributed by atoms with van der Waals surface area (Å²) < 4.78 is 5.58. The summed E-state index contributed by atoms with van der Waals surface area (Å²) in [5, 5.41) is 12.6. The van der Waals surface area contributed by atoms with Crippen LogP contribution >= 0.6 is 11.6 Å². The maximum Gasteiger partial charge on any atom is 0.261 e. The minimum absolute atomic E-state index is 0.0590. The molecule has 0 aliphatic heterocycles. The van der Waals surface area contributed by atoms with Crippen LogP contribution in [-0.2, 0) is 4.79 Å². The van der Waals surface area contributed by atoms with Crippen LogP contribution in [0.25, 0.3) is 0 Å². The fourth-order valence-electron chi connectivity index (χ4n) is 2.13. The molecule has 2 atom stereocenters. The summed E-state index contributed by atoms with van der Waals surface area (Å²) >= 11 is 5.80. The zero-order valence-electron chi connectivity index (χ0n) is 11.5. The topological polar surface area (TPSA) is 58.6 Å². The van der Waals surface area contributed by atoms with Crippen molar-refractivity contribution in [3.8, 4) is 5.75 Å². The second-order valence-corrected chi connectivity index (χ2v) is 5.62. The lowest BCUT2D eigenvalue weighted by molar-refractivity contribution is -0.128. The number of halogens is 1. The zero-order chi connectivity index (χ0) is 14.5. The average Bonchev–Trinajstić information content (AvgIpc) is 3.25. The van der Waals surface area contributed by atoms with Crippen molar-refractivity contribution in [1.29, 1.82) is 0 Å². The summed E-state index contributed by atoms with van der Waals surface area (Å²) in [5.74, 6) is 0.973. The van der Waals surface area contributed by atoms with Crippen molar-refractivity contribution >= 4 is 17.5 Å². The number of nitrogens with one attached hydrogen (secondary N) is 1. The number of carbonyl (C=O) groups excluding carboxylic acids is 1. The smallest absolute Gasteiger partial charge is 0.261 e. The number of aliphatic hydroxyl groups is 1. The van der Waals surface area contributed by atoms with Crippen molar-refractivity contribution in [2.75, 3.05) is 6.61 Å². The lowest BCUT2D eigenvalue weighted by Gasteiger charge is -2.20. The van der Waals surface area contributed by atoms with Gasteiger partial charge in [0.05, 0.1) is 0 Å². The molecule has 0 bridgehead atoms. The Balaban J connectivity index is 1.85. The summed E-state index contributed by atoms with van der Waals surface area (Å²) in [6.45, 7) is 1.81. The van der Waals surface area contributed by atoms with Gasteiger partial charge in [0.15, 0.2) is 6.10 Å². The van der Waals surface area contributed by atoms with E-state index in [4.69, 9.17) is 21.4 Å². The third-order valence-electron chi connectivity index (χ3n) is 3.45. The highest BCUT2D eigenvalue weighted by Crippen LogP contribution is 2.34. The van der Waals surface area contributed by atoms with Gasteiger partial charge in [-0.25, -0.2) is 0 Å². The number of aliphatic hydroxyl groups excluding tert-OH is 1. The third kappa shape index (κ3) is 4.39. The average molecular weight is 298 g/mol. The largest absolute Gasteiger partial charge is 0.481 e. The molecular formula is C15H20ClNO3. The van der Waals surface area contributed by atoms with Crippen molar-refractivity contribution < 1.29 is 14.6 Å². The van der Waals surface area contributed by atoms with Gasteiger partial charge in [-0.2, -0.15) is 0 Å². The molecule has 0 spiro atoms. The third-order valence-corrected chi connectivity index (χ3v) is 3.71. The number of amides is 1. The second kappa shape index (κ2) is 6.95. The Kier molecular flexibility index (Phi) is 5.26. The number of carbonyl (C=O) groups is 1. The van der Waals surface area contributed by atoms with Crippen molar-refractivity contribution in [2.24, 2.45) is 5.92 Å². The highest BCUT2D eigenvalue weighted by Gasteiger charge is 2.32. The molecule has 1 saturated carbocycles. The molecule has 1 aliphatic rings. The Morgan fingerprint density at radius 3 is 2.65 bits per heavy atom. The highest BCUT2D eigenvalue weighted by atomic mass is 35.5. The van der Waals surface area contributed by atoms with Gasteiger partial charge in [0.2, 0.25) is 0 Å². The standard InChI is InChI=1S/C15H20ClNO3/c1-10(20-13-6-4-12(16)5-7-13)15(19)17-14(8-9-18)11-2-3-11/h4-7,10-11,14,18H,2-3,8-9H2,1H3,(H,17,19). The first kappa shape index (κ1) is 15.1. The van der Waals surface area contributed by atoms with Crippen LogP contribution in [0.2, 0.25) is 5.02 Å². The Morgan fingerprint density at radius 1 is 1.45 bits per heavy atom. The second-order valence-electron chi connectivity index (χ2n) is 5.18. The van der Waals surface area contributed by atoms with E-state index < -0.39 is 6.10 Å². The molecule has 0 saturated heterocycles. The van der Waals surface area contributed by atoms with Gasteiger partial charge in [0.1, 0.15) is 5.75 Å². The summed E-state index contributed by atoms with van der Waals surface area (Å²) in [5.41, 5.74) is 0. The molecule has 1 amide bonds. The van der Waals surface area contributed by atoms with Crippen LogP contribution in [0.5, 0.6) is 5.75 Å². The SMILES string of the molecule is CC(Oc1ccc(Cl)cc1)C(=O)NC(CCO)C1CC1. The summed E-state index contributed by atoms with van der Waals surface area (Å²) in [4.78, 5) is 12.1. The zero-order valence-corrected chi connectivity index (χ0v) is 12.3. The summed E-state index contributed by atoms with van der Waals surface area (Å²) in [6, 6.07) is 6.97. The first-order valence-corrected chi connectivity index (χ1v) is 7.31. The van der Waals surface area contributed by atoms with E-state index in [1.807, 2.05) is 0 Å². The van der Waals surface area contributed by atoms with Gasteiger partial charge >= 0.3 is 0 Å². The summed E-state index contributed by atoms with van der Waals surface area (Å²) in [6.07, 6.45) is 2.27. The maximum atomic E-state index is 12.1. The van der Waals surface area contributed by atoms with E-state index in [2.05, 4.69) is 5.32 Å². The molecule has 0 heterocycles. The normalized spacial score (nSPS) is 17.4. The van der Waals surface area contributed by atoms with Crippen LogP contribution in [0.3, 0.4) is 0 Å². The number of ether oxygens (including phenoxy) is 1. The fourth-order valence-corrected chi connectivity index (χ4v) is 2.26. The molecule has 1 aliphatic carbocycles. The lowest BCUT2D eigenvalue weighted by atomic mass is 10.1. The van der Waals surface area contributed by atoms with Gasteiger partial charge in [0, 0.05) is 17.7 Å². The van der Waals surface area contributed by atoms with E-state index in [1.54, 1.807) is 31.2 Å². The van der Waals surface area contributed by atoms with Gasteiger partial charge in [-0.15, -0.1) is 0 Å². The highest BCUT2D eigenvalue weighted by molar-refractivity contribution is 6.30. The monoisotopic (exact) mass is 297 g/mol. The Bertz CT molecular complexity index is 445. The number of benzene rings is 1. The van der Waals surface area contributed by atoms with Gasteiger partial charge < -0.3 is 15.2 Å². The van der Waals surface area contributed by atoms with Gasteiger partial charge in [-0.1, -0.05) is 11.6 Å². The van der Waals surface area contributed by atoms with Crippen LogP contribution in [0.15, 0.2) is 24.3 Å². The van der Waals surface area contributed by atoms with Crippen molar-refractivity contribution in [1.82, 2.24) is 5.32 Å². The van der Waals surface area contributed by atoms with Crippen LogP contribution in [0.4, 0.5) is 0 Å². The molecule has 1 aromatic rings. The maximum absolute atomic E-state index is 12.1. The lowest BCUT2D eigenvalue weighted by Crippen LogP contribution is -2.43. The van der Waals surface area contributed by atoms with Crippen LogP contribution < -0.4 is 10.1 Å². The van der Waals surface area contributed by atoms with Crippen LogP contribution in [-0.4, -0.2) is 29.8 Å². The molecule has 4 nitrogen and oxygen atoms in total. The Hall–Kier alpha value is -1.26. The minimum Gasteiger partial charge on any atom is -0.481 e. The van der Waals surface area contributed by atoms with Gasteiger partial charge in [-0.3, -0.25) is 4.79 Å². The van der Waals surface area contributed by atoms with E-state index in [0.29, 0.717) is 23.1 Å².